The van der Waals surface area contributed by atoms with Gasteiger partial charge in [0.2, 0.25) is 0 Å². The highest BCUT2D eigenvalue weighted by Gasteiger charge is 2.14. The summed E-state index contributed by atoms with van der Waals surface area (Å²) < 4.78 is 25.3. The van der Waals surface area contributed by atoms with Crippen LogP contribution in [0.2, 0.25) is 5.02 Å². The van der Waals surface area contributed by atoms with Gasteiger partial charge in [-0.25, -0.2) is 8.78 Å². The molecule has 0 aliphatic heterocycles. The fourth-order valence-electron chi connectivity index (χ4n) is 0.699. The number of halogens is 4. The van der Waals surface area contributed by atoms with Gasteiger partial charge in [0, 0.05) is 0 Å². The first-order valence-corrected chi connectivity index (χ1v) is 3.62. The van der Waals surface area contributed by atoms with Crippen LogP contribution in [-0.4, -0.2) is 5.24 Å². The van der Waals surface area contributed by atoms with Crippen molar-refractivity contribution in [3.8, 4) is 0 Å². The third-order valence-corrected chi connectivity index (χ3v) is 1.68. The van der Waals surface area contributed by atoms with Gasteiger partial charge in [0.1, 0.15) is 5.82 Å². The van der Waals surface area contributed by atoms with Gasteiger partial charge in [-0.15, -0.1) is 0 Å². The van der Waals surface area contributed by atoms with Crippen molar-refractivity contribution in [2.24, 2.45) is 0 Å². The Morgan fingerprint density at radius 2 is 1.92 bits per heavy atom. The van der Waals surface area contributed by atoms with E-state index >= 15 is 0 Å². The van der Waals surface area contributed by atoms with Gasteiger partial charge >= 0.3 is 0 Å². The maximum atomic E-state index is 12.8. The quantitative estimate of drug-likeness (QED) is 0.515. The monoisotopic (exact) mass is 210 g/mol. The molecule has 0 heterocycles. The van der Waals surface area contributed by atoms with Crippen LogP contribution in [0.4, 0.5) is 8.78 Å². The fourth-order valence-corrected chi connectivity index (χ4v) is 1.04. The zero-order valence-corrected chi connectivity index (χ0v) is 7.09. The molecule has 0 spiro atoms. The molecule has 5 heteroatoms. The average Bonchev–Trinajstić information content (AvgIpc) is 1.96. The molecule has 0 aliphatic rings. The average molecular weight is 211 g/mol. The molecule has 1 aromatic rings. The van der Waals surface area contributed by atoms with Crippen LogP contribution in [-0.2, 0) is 0 Å². The van der Waals surface area contributed by atoms with Crippen LogP contribution < -0.4 is 0 Å². The molecule has 0 bridgehead atoms. The lowest BCUT2D eigenvalue weighted by atomic mass is 10.2. The minimum absolute atomic E-state index is 0.459. The van der Waals surface area contributed by atoms with Gasteiger partial charge in [0.25, 0.3) is 5.24 Å². The van der Waals surface area contributed by atoms with E-state index in [2.05, 4.69) is 0 Å². The fraction of sp³-hybridized carbons (Fsp3) is 0. The van der Waals surface area contributed by atoms with Crippen LogP contribution in [0.1, 0.15) is 10.4 Å². The van der Waals surface area contributed by atoms with Crippen LogP contribution in [0.25, 0.3) is 0 Å². The summed E-state index contributed by atoms with van der Waals surface area (Å²) in [5.74, 6) is -1.80. The maximum absolute atomic E-state index is 12.8. The van der Waals surface area contributed by atoms with Gasteiger partial charge in [-0.2, -0.15) is 0 Å². The number of benzene rings is 1. The van der Waals surface area contributed by atoms with Crippen LogP contribution in [0.3, 0.4) is 0 Å². The Morgan fingerprint density at radius 3 is 2.42 bits per heavy atom. The van der Waals surface area contributed by atoms with Crippen molar-refractivity contribution in [3.05, 3.63) is 34.4 Å². The molecule has 0 aliphatic carbocycles. The van der Waals surface area contributed by atoms with E-state index in [4.69, 9.17) is 23.2 Å². The minimum atomic E-state index is -1.08. The van der Waals surface area contributed by atoms with E-state index < -0.39 is 27.5 Å². The van der Waals surface area contributed by atoms with E-state index in [0.29, 0.717) is 6.07 Å². The molecule has 0 atom stereocenters. The normalized spacial score (nSPS) is 10.0. The van der Waals surface area contributed by atoms with Crippen molar-refractivity contribution in [2.45, 2.75) is 0 Å². The lowest BCUT2D eigenvalue weighted by molar-refractivity contribution is 0.107. The molecule has 0 aromatic heterocycles. The zero-order chi connectivity index (χ0) is 9.30. The molecule has 1 aromatic carbocycles. The number of carbonyl (C=O) groups is 1. The second kappa shape index (κ2) is 3.37. The Balaban J connectivity index is 3.37. The van der Waals surface area contributed by atoms with Crippen LogP contribution in [0.5, 0.6) is 0 Å². The van der Waals surface area contributed by atoms with E-state index in [1.54, 1.807) is 0 Å². The molecule has 0 N–H and O–H groups in total. The molecular formula is C7H2Cl2F2O. The van der Waals surface area contributed by atoms with E-state index in [1.165, 1.54) is 0 Å². The van der Waals surface area contributed by atoms with Gasteiger partial charge in [0.05, 0.1) is 10.6 Å². The molecule has 0 saturated carbocycles. The van der Waals surface area contributed by atoms with Crippen molar-refractivity contribution >= 4 is 28.4 Å². The second-order valence-electron chi connectivity index (χ2n) is 2.02. The smallest absolute Gasteiger partial charge is 0.255 e. The van der Waals surface area contributed by atoms with Crippen molar-refractivity contribution in [1.29, 1.82) is 0 Å². The van der Waals surface area contributed by atoms with Crippen LogP contribution in [0, 0.1) is 11.6 Å². The Kier molecular flexibility index (Phi) is 2.65. The number of hydrogen-bond acceptors (Lipinski definition) is 1. The predicted molar refractivity (Wildman–Crippen MR) is 41.6 cm³/mol. The molecule has 0 saturated heterocycles. The highest BCUT2D eigenvalue weighted by Crippen LogP contribution is 2.21. The first-order chi connectivity index (χ1) is 5.52. The van der Waals surface area contributed by atoms with Gasteiger partial charge in [0.15, 0.2) is 5.82 Å². The minimum Gasteiger partial charge on any atom is -0.275 e. The molecule has 1 rings (SSSR count). The standard InChI is InChI=1S/C7H2Cl2F2O/c8-5-2-3(10)1-4(6(5)11)7(9)12/h1-2H. The second-order valence-corrected chi connectivity index (χ2v) is 2.77. The summed E-state index contributed by atoms with van der Waals surface area (Å²) in [5, 5.41) is -1.53. The van der Waals surface area contributed by atoms with Crippen molar-refractivity contribution in [1.82, 2.24) is 0 Å². The molecular weight excluding hydrogens is 209 g/mol. The van der Waals surface area contributed by atoms with Crippen LogP contribution >= 0.6 is 23.2 Å². The third kappa shape index (κ3) is 1.73. The molecule has 0 unspecified atom stereocenters. The molecule has 64 valence electrons. The number of carbonyl (C=O) groups excluding carboxylic acids is 1. The van der Waals surface area contributed by atoms with Gasteiger partial charge in [-0.05, 0) is 23.7 Å². The zero-order valence-electron chi connectivity index (χ0n) is 5.57. The maximum Gasteiger partial charge on any atom is 0.255 e. The van der Waals surface area contributed by atoms with Gasteiger partial charge in [-0.1, -0.05) is 11.6 Å². The SMILES string of the molecule is O=C(Cl)c1cc(F)cc(Cl)c1F. The Hall–Kier alpha value is -0.670. The lowest BCUT2D eigenvalue weighted by Gasteiger charge is -1.98. The molecule has 1 nitrogen and oxygen atoms in total. The Labute approximate surface area is 76.9 Å². The van der Waals surface area contributed by atoms with E-state index in [0.717, 1.165) is 6.07 Å². The highest BCUT2D eigenvalue weighted by molar-refractivity contribution is 6.67. The number of hydrogen-bond donors (Lipinski definition) is 0. The largest absolute Gasteiger partial charge is 0.275 e. The summed E-state index contributed by atoms with van der Waals surface area (Å²) in [4.78, 5) is 10.5. The van der Waals surface area contributed by atoms with E-state index in [-0.39, 0.29) is 0 Å². The summed E-state index contributed by atoms with van der Waals surface area (Å²) in [6.45, 7) is 0. The lowest BCUT2D eigenvalue weighted by Crippen LogP contribution is -1.96. The summed E-state index contributed by atoms with van der Waals surface area (Å²) in [5.41, 5.74) is -0.554. The van der Waals surface area contributed by atoms with E-state index in [9.17, 15) is 13.6 Å². The summed E-state index contributed by atoms with van der Waals surface area (Å²) in [7, 11) is 0. The molecule has 12 heavy (non-hydrogen) atoms. The Morgan fingerprint density at radius 1 is 1.33 bits per heavy atom. The first kappa shape index (κ1) is 9.42. The molecule has 0 amide bonds. The highest BCUT2D eigenvalue weighted by atomic mass is 35.5. The molecule has 0 fully saturated rings. The number of rotatable bonds is 1. The molecule has 0 radical (unpaired) electrons. The third-order valence-electron chi connectivity index (χ3n) is 1.20. The van der Waals surface area contributed by atoms with E-state index in [1.807, 2.05) is 0 Å². The van der Waals surface area contributed by atoms with Crippen LogP contribution in [0.15, 0.2) is 12.1 Å². The van der Waals surface area contributed by atoms with Crippen molar-refractivity contribution in [2.75, 3.05) is 0 Å². The van der Waals surface area contributed by atoms with Crippen molar-refractivity contribution in [3.63, 3.8) is 0 Å². The van der Waals surface area contributed by atoms with Crippen molar-refractivity contribution < 1.29 is 13.6 Å². The summed E-state index contributed by atoms with van der Waals surface area (Å²) in [6.07, 6.45) is 0. The Bertz CT molecular complexity index is 338. The topological polar surface area (TPSA) is 17.1 Å². The summed E-state index contributed by atoms with van der Waals surface area (Å²) in [6, 6.07) is 1.46. The first-order valence-electron chi connectivity index (χ1n) is 2.86. The summed E-state index contributed by atoms with van der Waals surface area (Å²) >= 11 is 10.2. The van der Waals surface area contributed by atoms with Gasteiger partial charge < -0.3 is 0 Å². The predicted octanol–water partition coefficient (Wildman–Crippen LogP) is 3.00. The van der Waals surface area contributed by atoms with Gasteiger partial charge in [-0.3, -0.25) is 4.79 Å².